The Labute approximate surface area is 112 Å². The molecule has 4 nitrogen and oxygen atoms in total. The second-order valence-electron chi connectivity index (χ2n) is 4.07. The molecule has 1 aromatic heterocycles. The quantitative estimate of drug-likeness (QED) is 0.662. The molecule has 4 heteroatoms. The van der Waals surface area contributed by atoms with E-state index in [9.17, 15) is 4.79 Å². The SMILES string of the molecule is CCOC(=O)/C=C/N(CC)c1c[nH]c2ccccc12. The van der Waals surface area contributed by atoms with Crippen molar-refractivity contribution in [1.82, 2.24) is 4.98 Å². The first-order valence-corrected chi connectivity index (χ1v) is 6.44. The molecule has 0 spiro atoms. The molecule has 1 heterocycles. The molecule has 0 atom stereocenters. The van der Waals surface area contributed by atoms with Gasteiger partial charge in [-0.25, -0.2) is 4.79 Å². The number of hydrogen-bond donors (Lipinski definition) is 1. The lowest BCUT2D eigenvalue weighted by Crippen LogP contribution is -2.15. The van der Waals surface area contributed by atoms with Crippen LogP contribution in [-0.4, -0.2) is 24.1 Å². The summed E-state index contributed by atoms with van der Waals surface area (Å²) in [5.41, 5.74) is 2.14. The third-order valence-corrected chi connectivity index (χ3v) is 2.89. The van der Waals surface area contributed by atoms with Gasteiger partial charge in [-0.15, -0.1) is 0 Å². The number of anilines is 1. The molecule has 2 aromatic rings. The van der Waals surface area contributed by atoms with Gasteiger partial charge in [-0.1, -0.05) is 18.2 Å². The van der Waals surface area contributed by atoms with Crippen LogP contribution in [0.5, 0.6) is 0 Å². The van der Waals surface area contributed by atoms with Gasteiger partial charge in [0.05, 0.1) is 12.3 Å². The van der Waals surface area contributed by atoms with Crippen LogP contribution in [0.3, 0.4) is 0 Å². The molecule has 100 valence electrons. The Balaban J connectivity index is 2.24. The summed E-state index contributed by atoms with van der Waals surface area (Å²) in [5, 5.41) is 1.14. The second kappa shape index (κ2) is 6.09. The number of esters is 1. The van der Waals surface area contributed by atoms with Crippen molar-refractivity contribution in [3.05, 3.63) is 42.7 Å². The van der Waals surface area contributed by atoms with Crippen molar-refractivity contribution in [2.45, 2.75) is 13.8 Å². The highest BCUT2D eigenvalue weighted by Gasteiger charge is 2.08. The van der Waals surface area contributed by atoms with E-state index in [0.717, 1.165) is 23.1 Å². The van der Waals surface area contributed by atoms with Crippen LogP contribution in [0, 0.1) is 0 Å². The zero-order valence-corrected chi connectivity index (χ0v) is 11.2. The van der Waals surface area contributed by atoms with E-state index < -0.39 is 0 Å². The zero-order chi connectivity index (χ0) is 13.7. The predicted molar refractivity (Wildman–Crippen MR) is 77.1 cm³/mol. The molecule has 2 rings (SSSR count). The first-order chi connectivity index (χ1) is 9.26. The van der Waals surface area contributed by atoms with Gasteiger partial charge in [0.1, 0.15) is 0 Å². The molecule has 19 heavy (non-hydrogen) atoms. The number of para-hydroxylation sites is 1. The fraction of sp³-hybridized carbons (Fsp3) is 0.267. The van der Waals surface area contributed by atoms with Gasteiger partial charge in [0.2, 0.25) is 0 Å². The van der Waals surface area contributed by atoms with Gasteiger partial charge in [-0.3, -0.25) is 0 Å². The number of rotatable bonds is 5. The van der Waals surface area contributed by atoms with Gasteiger partial charge >= 0.3 is 5.97 Å². The van der Waals surface area contributed by atoms with Crippen molar-refractivity contribution in [2.24, 2.45) is 0 Å². The third kappa shape index (κ3) is 2.96. The summed E-state index contributed by atoms with van der Waals surface area (Å²) in [5.74, 6) is -0.319. The number of nitrogens with zero attached hydrogens (tertiary/aromatic N) is 1. The van der Waals surface area contributed by atoms with Crippen molar-refractivity contribution in [3.63, 3.8) is 0 Å². The Morgan fingerprint density at radius 3 is 2.89 bits per heavy atom. The number of aromatic nitrogens is 1. The first-order valence-electron chi connectivity index (χ1n) is 6.44. The number of carbonyl (C=O) groups is 1. The largest absolute Gasteiger partial charge is 0.463 e. The number of aromatic amines is 1. The number of hydrogen-bond acceptors (Lipinski definition) is 3. The fourth-order valence-corrected chi connectivity index (χ4v) is 1.99. The molecule has 0 bridgehead atoms. The smallest absolute Gasteiger partial charge is 0.332 e. The second-order valence-corrected chi connectivity index (χ2v) is 4.07. The first kappa shape index (κ1) is 13.2. The van der Waals surface area contributed by atoms with Crippen molar-refractivity contribution >= 4 is 22.6 Å². The minimum Gasteiger partial charge on any atom is -0.463 e. The number of benzene rings is 1. The van der Waals surface area contributed by atoms with Crippen LogP contribution in [-0.2, 0) is 9.53 Å². The molecule has 1 N–H and O–H groups in total. The molecule has 0 saturated heterocycles. The zero-order valence-electron chi connectivity index (χ0n) is 11.2. The summed E-state index contributed by atoms with van der Waals surface area (Å²) < 4.78 is 4.88. The highest BCUT2D eigenvalue weighted by molar-refractivity contribution is 5.93. The topological polar surface area (TPSA) is 45.3 Å². The van der Waals surface area contributed by atoms with E-state index in [1.54, 1.807) is 13.1 Å². The van der Waals surface area contributed by atoms with Gasteiger partial charge in [-0.05, 0) is 19.9 Å². The van der Waals surface area contributed by atoms with Crippen LogP contribution < -0.4 is 4.90 Å². The Kier molecular flexibility index (Phi) is 4.23. The van der Waals surface area contributed by atoms with Gasteiger partial charge in [0.25, 0.3) is 0 Å². The standard InChI is InChI=1S/C15H18N2O2/c1-3-17(10-9-15(18)19-4-2)14-11-16-13-8-6-5-7-12(13)14/h5-11,16H,3-4H2,1-2H3/b10-9+. The highest BCUT2D eigenvalue weighted by Crippen LogP contribution is 2.26. The van der Waals surface area contributed by atoms with Gasteiger partial charge in [-0.2, -0.15) is 0 Å². The molecular formula is C15H18N2O2. The molecule has 1 aromatic carbocycles. The summed E-state index contributed by atoms with van der Waals surface area (Å²) in [6, 6.07) is 8.08. The normalized spacial score (nSPS) is 11.1. The van der Waals surface area contributed by atoms with Crippen LogP contribution in [0.4, 0.5) is 5.69 Å². The monoisotopic (exact) mass is 258 g/mol. The Hall–Kier alpha value is -2.23. The Bertz CT molecular complexity index is 587. The van der Waals surface area contributed by atoms with E-state index in [1.807, 2.05) is 36.2 Å². The molecule has 0 aliphatic heterocycles. The van der Waals surface area contributed by atoms with Gasteiger partial charge in [0, 0.05) is 35.9 Å². The fourth-order valence-electron chi connectivity index (χ4n) is 1.99. The van der Waals surface area contributed by atoms with E-state index in [1.165, 1.54) is 6.08 Å². The van der Waals surface area contributed by atoms with Crippen molar-refractivity contribution in [2.75, 3.05) is 18.1 Å². The van der Waals surface area contributed by atoms with Crippen LogP contribution >= 0.6 is 0 Å². The van der Waals surface area contributed by atoms with Gasteiger partial charge < -0.3 is 14.6 Å². The van der Waals surface area contributed by atoms with Gasteiger partial charge in [0.15, 0.2) is 0 Å². The maximum atomic E-state index is 11.4. The Morgan fingerprint density at radius 2 is 2.16 bits per heavy atom. The maximum Gasteiger partial charge on any atom is 0.332 e. The van der Waals surface area contributed by atoms with Crippen molar-refractivity contribution in [1.29, 1.82) is 0 Å². The summed E-state index contributed by atoms with van der Waals surface area (Å²) in [6.45, 7) is 5.00. The molecular weight excluding hydrogens is 240 g/mol. The van der Waals surface area contributed by atoms with Crippen molar-refractivity contribution < 1.29 is 9.53 Å². The molecule has 0 unspecified atom stereocenters. The molecule has 0 fully saturated rings. The summed E-state index contributed by atoms with van der Waals surface area (Å²) in [6.07, 6.45) is 5.16. The van der Waals surface area contributed by atoms with E-state index >= 15 is 0 Å². The summed E-state index contributed by atoms with van der Waals surface area (Å²) in [4.78, 5) is 16.6. The maximum absolute atomic E-state index is 11.4. The minimum atomic E-state index is -0.319. The lowest BCUT2D eigenvalue weighted by molar-refractivity contribution is -0.137. The number of H-pyrrole nitrogens is 1. The van der Waals surface area contributed by atoms with Crippen LogP contribution in [0.1, 0.15) is 13.8 Å². The third-order valence-electron chi connectivity index (χ3n) is 2.89. The van der Waals surface area contributed by atoms with E-state index in [4.69, 9.17) is 4.74 Å². The Morgan fingerprint density at radius 1 is 1.37 bits per heavy atom. The summed E-state index contributed by atoms with van der Waals surface area (Å²) >= 11 is 0. The van der Waals surface area contributed by atoms with Crippen LogP contribution in [0.25, 0.3) is 10.9 Å². The molecule has 0 saturated carbocycles. The van der Waals surface area contributed by atoms with E-state index in [0.29, 0.717) is 6.61 Å². The highest BCUT2D eigenvalue weighted by atomic mass is 16.5. The van der Waals surface area contributed by atoms with E-state index in [-0.39, 0.29) is 5.97 Å². The average Bonchev–Trinajstić information content (AvgIpc) is 2.84. The lowest BCUT2D eigenvalue weighted by Gasteiger charge is -2.16. The molecule has 0 radical (unpaired) electrons. The van der Waals surface area contributed by atoms with E-state index in [2.05, 4.69) is 11.1 Å². The number of nitrogens with one attached hydrogen (secondary N) is 1. The van der Waals surface area contributed by atoms with Crippen molar-refractivity contribution in [3.8, 4) is 0 Å². The molecule has 0 aliphatic carbocycles. The summed E-state index contributed by atoms with van der Waals surface area (Å²) in [7, 11) is 0. The number of ether oxygens (including phenoxy) is 1. The molecule has 0 aliphatic rings. The van der Waals surface area contributed by atoms with Crippen LogP contribution in [0.2, 0.25) is 0 Å². The number of carbonyl (C=O) groups excluding carboxylic acids is 1. The van der Waals surface area contributed by atoms with Crippen LogP contribution in [0.15, 0.2) is 42.7 Å². The average molecular weight is 258 g/mol. The predicted octanol–water partition coefficient (Wildman–Crippen LogP) is 3.07. The number of fused-ring (bicyclic) bond motifs is 1. The minimum absolute atomic E-state index is 0.319. The lowest BCUT2D eigenvalue weighted by atomic mass is 10.2. The molecule has 0 amide bonds.